The predicted molar refractivity (Wildman–Crippen MR) is 99.6 cm³/mol. The van der Waals surface area contributed by atoms with E-state index < -0.39 is 0 Å². The third kappa shape index (κ3) is 4.71. The van der Waals surface area contributed by atoms with E-state index in [4.69, 9.17) is 21.1 Å². The van der Waals surface area contributed by atoms with E-state index in [1.165, 1.54) is 26.0 Å². The van der Waals surface area contributed by atoms with E-state index in [0.717, 1.165) is 16.7 Å². The van der Waals surface area contributed by atoms with Crippen molar-refractivity contribution < 1.29 is 14.3 Å². The Hall–Kier alpha value is -1.05. The summed E-state index contributed by atoms with van der Waals surface area (Å²) in [6.07, 6.45) is 0.711. The summed E-state index contributed by atoms with van der Waals surface area (Å²) in [7, 11) is 3.07. The Bertz CT molecular complexity index is 611. The number of hydrogen-bond donors (Lipinski definition) is 1. The van der Waals surface area contributed by atoms with Crippen LogP contribution < -0.4 is 14.8 Å². The number of amides is 1. The Morgan fingerprint density at radius 3 is 2.74 bits per heavy atom. The molecule has 1 unspecified atom stereocenters. The minimum absolute atomic E-state index is 0.0905. The van der Waals surface area contributed by atoms with Gasteiger partial charge < -0.3 is 14.8 Å². The predicted octanol–water partition coefficient (Wildman–Crippen LogP) is 3.91. The van der Waals surface area contributed by atoms with Crippen LogP contribution in [-0.2, 0) is 4.79 Å². The van der Waals surface area contributed by atoms with E-state index in [9.17, 15) is 4.79 Å². The second-order valence-corrected chi connectivity index (χ2v) is 7.63. The van der Waals surface area contributed by atoms with E-state index in [2.05, 4.69) is 10.3 Å². The van der Waals surface area contributed by atoms with Crippen LogP contribution in [0.5, 0.6) is 11.5 Å². The lowest BCUT2D eigenvalue weighted by Gasteiger charge is -2.17. The molecule has 0 saturated heterocycles. The first kappa shape index (κ1) is 18.3. The molecule has 0 radical (unpaired) electrons. The van der Waals surface area contributed by atoms with E-state index in [1.807, 2.05) is 6.92 Å². The van der Waals surface area contributed by atoms with Gasteiger partial charge >= 0.3 is 0 Å². The highest BCUT2D eigenvalue weighted by Crippen LogP contribution is 2.36. The number of nitrogens with zero attached hydrogens (tertiary/aromatic N) is 1. The van der Waals surface area contributed by atoms with Gasteiger partial charge in [-0.2, -0.15) is 0 Å². The second-order valence-electron chi connectivity index (χ2n) is 4.69. The fraction of sp³-hybridized carbons (Fsp3) is 0.467. The molecule has 0 bridgehead atoms. The Morgan fingerprint density at radius 1 is 1.43 bits per heavy atom. The van der Waals surface area contributed by atoms with Crippen LogP contribution in [0.3, 0.4) is 0 Å². The lowest BCUT2D eigenvalue weighted by molar-refractivity contribution is -0.115. The molecule has 1 aliphatic rings. The Kier molecular flexibility index (Phi) is 6.92. The molecule has 0 aromatic heterocycles. The van der Waals surface area contributed by atoms with Crippen molar-refractivity contribution in [1.29, 1.82) is 0 Å². The molecular formula is C15H19ClN2O3S2. The maximum atomic E-state index is 12.5. The first-order valence-corrected chi connectivity index (χ1v) is 9.39. The Labute approximate surface area is 149 Å². The number of carbonyl (C=O) groups is 1. The van der Waals surface area contributed by atoms with E-state index in [-0.39, 0.29) is 11.2 Å². The van der Waals surface area contributed by atoms with Gasteiger partial charge in [-0.05, 0) is 12.5 Å². The summed E-state index contributed by atoms with van der Waals surface area (Å²) in [6, 6.07) is 3.29. The van der Waals surface area contributed by atoms with Crippen molar-refractivity contribution in [3.05, 3.63) is 17.2 Å². The van der Waals surface area contributed by atoms with Crippen LogP contribution in [0.4, 0.5) is 5.69 Å². The maximum Gasteiger partial charge on any atom is 0.238 e. The zero-order valence-corrected chi connectivity index (χ0v) is 15.6. The van der Waals surface area contributed by atoms with Gasteiger partial charge in [-0.25, -0.2) is 0 Å². The summed E-state index contributed by atoms with van der Waals surface area (Å²) in [5, 5.41) is 3.10. The SMILES string of the molecule is CCC(SC1=NCCS1)C(=O)Nc1cc(Cl)c(OC)cc1OC. The molecule has 23 heavy (non-hydrogen) atoms. The number of benzene rings is 1. The number of ether oxygens (including phenoxy) is 2. The molecule has 1 aromatic rings. The molecule has 1 N–H and O–H groups in total. The molecule has 1 atom stereocenters. The first-order valence-electron chi connectivity index (χ1n) is 7.15. The highest BCUT2D eigenvalue weighted by molar-refractivity contribution is 8.39. The molecule has 5 nitrogen and oxygen atoms in total. The van der Waals surface area contributed by atoms with Crippen LogP contribution >= 0.6 is 35.1 Å². The van der Waals surface area contributed by atoms with Gasteiger partial charge in [-0.1, -0.05) is 42.0 Å². The number of methoxy groups -OCH3 is 2. The van der Waals surface area contributed by atoms with Crippen LogP contribution in [0.2, 0.25) is 5.02 Å². The first-order chi connectivity index (χ1) is 11.1. The number of aliphatic imine (C=N–C) groups is 1. The lowest BCUT2D eigenvalue weighted by atomic mass is 10.2. The van der Waals surface area contributed by atoms with Crippen molar-refractivity contribution in [2.75, 3.05) is 31.8 Å². The molecule has 0 aliphatic carbocycles. The van der Waals surface area contributed by atoms with Gasteiger partial charge in [0, 0.05) is 11.8 Å². The highest BCUT2D eigenvalue weighted by atomic mass is 35.5. The van der Waals surface area contributed by atoms with Crippen molar-refractivity contribution in [3.63, 3.8) is 0 Å². The van der Waals surface area contributed by atoms with Crippen molar-refractivity contribution in [2.24, 2.45) is 4.99 Å². The van der Waals surface area contributed by atoms with Crippen LogP contribution in [-0.4, -0.2) is 42.1 Å². The minimum atomic E-state index is -0.204. The van der Waals surface area contributed by atoms with Gasteiger partial charge in [0.2, 0.25) is 5.91 Å². The molecule has 2 rings (SSSR count). The third-order valence-corrected chi connectivity index (χ3v) is 6.06. The summed E-state index contributed by atoms with van der Waals surface area (Å²) in [6.45, 7) is 2.81. The van der Waals surface area contributed by atoms with Crippen molar-refractivity contribution in [3.8, 4) is 11.5 Å². The number of carbonyl (C=O) groups excluding carboxylic acids is 1. The van der Waals surface area contributed by atoms with E-state index in [1.54, 1.807) is 23.9 Å². The van der Waals surface area contributed by atoms with Gasteiger partial charge in [-0.15, -0.1) is 0 Å². The lowest BCUT2D eigenvalue weighted by Crippen LogP contribution is -2.25. The van der Waals surface area contributed by atoms with Crippen LogP contribution in [0.1, 0.15) is 13.3 Å². The normalized spacial score (nSPS) is 15.0. The Morgan fingerprint density at radius 2 is 2.17 bits per heavy atom. The molecule has 0 saturated carbocycles. The number of anilines is 1. The van der Waals surface area contributed by atoms with Crippen molar-refractivity contribution in [2.45, 2.75) is 18.6 Å². The number of thioether (sulfide) groups is 2. The zero-order chi connectivity index (χ0) is 16.8. The van der Waals surface area contributed by atoms with Gasteiger partial charge in [0.25, 0.3) is 0 Å². The average Bonchev–Trinajstić information content (AvgIpc) is 3.05. The quantitative estimate of drug-likeness (QED) is 0.817. The van der Waals surface area contributed by atoms with Gasteiger partial charge in [0.05, 0.1) is 36.7 Å². The summed E-state index contributed by atoms with van der Waals surface area (Å²) < 4.78 is 11.4. The molecule has 1 aromatic carbocycles. The summed E-state index contributed by atoms with van der Waals surface area (Å²) >= 11 is 9.34. The zero-order valence-electron chi connectivity index (χ0n) is 13.2. The number of nitrogens with one attached hydrogen (secondary N) is 1. The molecular weight excluding hydrogens is 356 g/mol. The summed E-state index contributed by atoms with van der Waals surface area (Å²) in [5.41, 5.74) is 0.531. The molecule has 1 heterocycles. The van der Waals surface area contributed by atoms with Crippen LogP contribution in [0.15, 0.2) is 17.1 Å². The molecule has 1 aliphatic heterocycles. The Balaban J connectivity index is 2.12. The molecule has 1 amide bonds. The standard InChI is InChI=1S/C15H19ClN2O3S2/c1-4-13(23-15-17-5-6-22-15)14(19)18-10-7-9(16)11(20-2)8-12(10)21-3/h7-8,13H,4-6H2,1-3H3,(H,18,19). The molecule has 126 valence electrons. The highest BCUT2D eigenvalue weighted by Gasteiger charge is 2.23. The fourth-order valence-corrected chi connectivity index (χ4v) is 4.39. The smallest absolute Gasteiger partial charge is 0.238 e. The second kappa shape index (κ2) is 8.70. The summed E-state index contributed by atoms with van der Waals surface area (Å²) in [4.78, 5) is 16.9. The largest absolute Gasteiger partial charge is 0.495 e. The van der Waals surface area contributed by atoms with Crippen molar-refractivity contribution >= 4 is 51.1 Å². The van der Waals surface area contributed by atoms with Crippen molar-refractivity contribution in [1.82, 2.24) is 0 Å². The van der Waals surface area contributed by atoms with E-state index in [0.29, 0.717) is 28.6 Å². The number of rotatable bonds is 6. The van der Waals surface area contributed by atoms with E-state index >= 15 is 0 Å². The topological polar surface area (TPSA) is 59.9 Å². The maximum absolute atomic E-state index is 12.5. The van der Waals surface area contributed by atoms with Gasteiger partial charge in [0.15, 0.2) is 0 Å². The molecule has 8 heteroatoms. The van der Waals surface area contributed by atoms with Gasteiger partial charge in [0.1, 0.15) is 15.9 Å². The van der Waals surface area contributed by atoms with Crippen LogP contribution in [0.25, 0.3) is 0 Å². The third-order valence-electron chi connectivity index (χ3n) is 3.20. The van der Waals surface area contributed by atoms with Crippen LogP contribution in [0, 0.1) is 0 Å². The summed E-state index contributed by atoms with van der Waals surface area (Å²) in [5.74, 6) is 1.90. The van der Waals surface area contributed by atoms with Gasteiger partial charge in [-0.3, -0.25) is 9.79 Å². The molecule has 0 fully saturated rings. The fourth-order valence-electron chi connectivity index (χ4n) is 2.00. The number of hydrogen-bond acceptors (Lipinski definition) is 6. The average molecular weight is 375 g/mol. The monoisotopic (exact) mass is 374 g/mol. The number of halogens is 1. The molecule has 0 spiro atoms. The minimum Gasteiger partial charge on any atom is -0.495 e.